The predicted octanol–water partition coefficient (Wildman–Crippen LogP) is 3.04. The van der Waals surface area contributed by atoms with Crippen LogP contribution in [0.4, 0.5) is 10.5 Å². The molecule has 0 saturated carbocycles. The van der Waals surface area contributed by atoms with Crippen molar-refractivity contribution in [2.24, 2.45) is 0 Å². The molecule has 0 saturated heterocycles. The van der Waals surface area contributed by atoms with Crippen LogP contribution in [0.2, 0.25) is 5.02 Å². The summed E-state index contributed by atoms with van der Waals surface area (Å²) in [5.74, 6) is 0. The first-order valence-electron chi connectivity index (χ1n) is 5.82. The molecular weight excluding hydrogens is 264 g/mol. The summed E-state index contributed by atoms with van der Waals surface area (Å²) in [4.78, 5) is 13.5. The van der Waals surface area contributed by atoms with E-state index in [-0.39, 0.29) is 6.03 Å². The van der Waals surface area contributed by atoms with Crippen molar-refractivity contribution >= 4 is 23.3 Å². The second kappa shape index (κ2) is 5.75. The van der Waals surface area contributed by atoms with E-state index in [1.807, 2.05) is 19.1 Å². The summed E-state index contributed by atoms with van der Waals surface area (Å²) in [6, 6.07) is 5.24. The molecule has 0 fully saturated rings. The van der Waals surface area contributed by atoms with Crippen molar-refractivity contribution in [1.82, 2.24) is 15.1 Å². The maximum atomic E-state index is 12.0. The molecular formula is C13H15ClN4O. The lowest BCUT2D eigenvalue weighted by Gasteiger charge is -2.17. The molecule has 0 aliphatic rings. The fourth-order valence-corrected chi connectivity index (χ4v) is 1.78. The van der Waals surface area contributed by atoms with Gasteiger partial charge in [0.15, 0.2) is 0 Å². The van der Waals surface area contributed by atoms with Gasteiger partial charge in [0.1, 0.15) is 0 Å². The molecule has 0 unspecified atom stereocenters. The number of aromatic amines is 1. The van der Waals surface area contributed by atoms with Crippen LogP contribution in [-0.2, 0) is 6.54 Å². The highest BCUT2D eigenvalue weighted by atomic mass is 35.5. The monoisotopic (exact) mass is 278 g/mol. The number of amides is 2. The lowest BCUT2D eigenvalue weighted by molar-refractivity contribution is 0.220. The second-order valence-corrected chi connectivity index (χ2v) is 4.76. The first kappa shape index (κ1) is 13.4. The zero-order valence-electron chi connectivity index (χ0n) is 10.8. The Morgan fingerprint density at radius 2 is 2.32 bits per heavy atom. The molecule has 2 rings (SSSR count). The molecule has 100 valence electrons. The molecule has 5 nitrogen and oxygen atoms in total. The molecule has 6 heteroatoms. The van der Waals surface area contributed by atoms with Crippen molar-refractivity contribution in [3.05, 3.63) is 46.7 Å². The van der Waals surface area contributed by atoms with E-state index in [9.17, 15) is 4.79 Å². The van der Waals surface area contributed by atoms with Crippen molar-refractivity contribution < 1.29 is 4.79 Å². The third kappa shape index (κ3) is 3.48. The minimum atomic E-state index is -0.193. The fourth-order valence-electron chi connectivity index (χ4n) is 1.60. The average molecular weight is 279 g/mol. The zero-order valence-corrected chi connectivity index (χ0v) is 11.5. The highest BCUT2D eigenvalue weighted by Gasteiger charge is 2.10. The van der Waals surface area contributed by atoms with Gasteiger partial charge in [-0.15, -0.1) is 0 Å². The van der Waals surface area contributed by atoms with E-state index in [1.54, 1.807) is 30.4 Å². The van der Waals surface area contributed by atoms with E-state index >= 15 is 0 Å². The molecule has 2 amide bonds. The van der Waals surface area contributed by atoms with E-state index < -0.39 is 0 Å². The van der Waals surface area contributed by atoms with Crippen LogP contribution < -0.4 is 5.32 Å². The van der Waals surface area contributed by atoms with Gasteiger partial charge in [-0.05, 0) is 24.6 Å². The number of halogens is 1. The Hall–Kier alpha value is -2.01. The summed E-state index contributed by atoms with van der Waals surface area (Å²) in [7, 11) is 1.72. The van der Waals surface area contributed by atoms with E-state index in [1.165, 1.54) is 0 Å². The van der Waals surface area contributed by atoms with Crippen LogP contribution >= 0.6 is 11.6 Å². The Kier molecular flexibility index (Phi) is 4.06. The molecule has 2 aromatic rings. The number of carbonyl (C=O) groups is 1. The van der Waals surface area contributed by atoms with Gasteiger partial charge in [-0.1, -0.05) is 17.7 Å². The van der Waals surface area contributed by atoms with Crippen LogP contribution in [-0.4, -0.2) is 28.2 Å². The minimum Gasteiger partial charge on any atom is -0.323 e. The molecule has 2 N–H and O–H groups in total. The predicted molar refractivity (Wildman–Crippen MR) is 75.3 cm³/mol. The average Bonchev–Trinajstić information content (AvgIpc) is 2.86. The van der Waals surface area contributed by atoms with E-state index in [2.05, 4.69) is 15.5 Å². The van der Waals surface area contributed by atoms with Crippen LogP contribution in [0, 0.1) is 6.92 Å². The van der Waals surface area contributed by atoms with Gasteiger partial charge in [-0.3, -0.25) is 5.10 Å². The van der Waals surface area contributed by atoms with Crippen LogP contribution in [0.5, 0.6) is 0 Å². The molecule has 1 aromatic heterocycles. The highest BCUT2D eigenvalue weighted by molar-refractivity contribution is 6.31. The Morgan fingerprint density at radius 1 is 1.53 bits per heavy atom. The summed E-state index contributed by atoms with van der Waals surface area (Å²) in [5.41, 5.74) is 2.60. The van der Waals surface area contributed by atoms with Gasteiger partial charge in [-0.25, -0.2) is 4.79 Å². The second-order valence-electron chi connectivity index (χ2n) is 4.36. The molecule has 0 atom stereocenters. The van der Waals surface area contributed by atoms with E-state index in [0.29, 0.717) is 17.3 Å². The molecule has 0 spiro atoms. The third-order valence-electron chi connectivity index (χ3n) is 2.74. The standard InChI is InChI=1S/C13H15ClN4O/c1-9-3-4-11(5-12(9)14)17-13(19)18(2)8-10-6-15-16-7-10/h3-7H,8H2,1-2H3,(H,15,16)(H,17,19). The minimum absolute atomic E-state index is 0.193. The summed E-state index contributed by atoms with van der Waals surface area (Å²) >= 11 is 6.01. The Labute approximate surface area is 116 Å². The van der Waals surface area contributed by atoms with Crippen LogP contribution in [0.3, 0.4) is 0 Å². The van der Waals surface area contributed by atoms with Crippen molar-refractivity contribution in [3.8, 4) is 0 Å². The van der Waals surface area contributed by atoms with Gasteiger partial charge in [-0.2, -0.15) is 5.10 Å². The first-order valence-corrected chi connectivity index (χ1v) is 6.20. The number of aryl methyl sites for hydroxylation is 1. The Morgan fingerprint density at radius 3 is 2.95 bits per heavy atom. The quantitative estimate of drug-likeness (QED) is 0.906. The number of aromatic nitrogens is 2. The lowest BCUT2D eigenvalue weighted by atomic mass is 10.2. The maximum absolute atomic E-state index is 12.0. The Bertz CT molecular complexity index is 568. The molecule has 0 aliphatic heterocycles. The number of hydrogen-bond donors (Lipinski definition) is 2. The fraction of sp³-hybridized carbons (Fsp3) is 0.231. The van der Waals surface area contributed by atoms with Crippen LogP contribution in [0.15, 0.2) is 30.6 Å². The van der Waals surface area contributed by atoms with E-state index in [4.69, 9.17) is 11.6 Å². The van der Waals surface area contributed by atoms with Gasteiger partial charge in [0.05, 0.1) is 12.7 Å². The smallest absolute Gasteiger partial charge is 0.321 e. The zero-order chi connectivity index (χ0) is 13.8. The van der Waals surface area contributed by atoms with Crippen LogP contribution in [0.25, 0.3) is 0 Å². The molecule has 0 aliphatic carbocycles. The van der Waals surface area contributed by atoms with Crippen LogP contribution in [0.1, 0.15) is 11.1 Å². The molecule has 0 bridgehead atoms. The molecule has 1 aromatic carbocycles. The molecule has 1 heterocycles. The number of nitrogens with one attached hydrogen (secondary N) is 2. The summed E-state index contributed by atoms with van der Waals surface area (Å²) in [6.07, 6.45) is 3.44. The number of urea groups is 1. The van der Waals surface area contributed by atoms with Gasteiger partial charge in [0.2, 0.25) is 0 Å². The molecule has 0 radical (unpaired) electrons. The summed E-state index contributed by atoms with van der Waals surface area (Å²) in [6.45, 7) is 2.40. The van der Waals surface area contributed by atoms with Crippen molar-refractivity contribution in [2.75, 3.05) is 12.4 Å². The van der Waals surface area contributed by atoms with Gasteiger partial charge in [0.25, 0.3) is 0 Å². The number of benzene rings is 1. The van der Waals surface area contributed by atoms with Crippen molar-refractivity contribution in [3.63, 3.8) is 0 Å². The van der Waals surface area contributed by atoms with Gasteiger partial charge in [0, 0.05) is 29.5 Å². The third-order valence-corrected chi connectivity index (χ3v) is 3.15. The Balaban J connectivity index is 1.98. The number of H-pyrrole nitrogens is 1. The SMILES string of the molecule is Cc1ccc(NC(=O)N(C)Cc2cn[nH]c2)cc1Cl. The lowest BCUT2D eigenvalue weighted by Crippen LogP contribution is -2.30. The number of anilines is 1. The number of nitrogens with zero attached hydrogens (tertiary/aromatic N) is 2. The summed E-state index contributed by atoms with van der Waals surface area (Å²) < 4.78 is 0. The number of carbonyl (C=O) groups excluding carboxylic acids is 1. The summed E-state index contributed by atoms with van der Waals surface area (Å²) in [5, 5.41) is 9.98. The van der Waals surface area contributed by atoms with Crippen molar-refractivity contribution in [1.29, 1.82) is 0 Å². The first-order chi connectivity index (χ1) is 9.06. The van der Waals surface area contributed by atoms with Crippen molar-refractivity contribution in [2.45, 2.75) is 13.5 Å². The highest BCUT2D eigenvalue weighted by Crippen LogP contribution is 2.20. The topological polar surface area (TPSA) is 61.0 Å². The van der Waals surface area contributed by atoms with Gasteiger partial charge >= 0.3 is 6.03 Å². The largest absolute Gasteiger partial charge is 0.323 e. The van der Waals surface area contributed by atoms with Gasteiger partial charge < -0.3 is 10.2 Å². The van der Waals surface area contributed by atoms with E-state index in [0.717, 1.165) is 11.1 Å². The maximum Gasteiger partial charge on any atom is 0.321 e. The normalized spacial score (nSPS) is 10.3. The molecule has 19 heavy (non-hydrogen) atoms. The number of hydrogen-bond acceptors (Lipinski definition) is 2. The number of rotatable bonds is 3.